The fraction of sp³-hybridized carbons (Fsp3) is 0.280. The largest absolute Gasteiger partial charge is 0.550 e. The highest BCUT2D eigenvalue weighted by atomic mass is 35.5. The molecule has 0 unspecified atom stereocenters. The van der Waals surface area contributed by atoms with Crippen molar-refractivity contribution in [1.29, 1.82) is 0 Å². The van der Waals surface area contributed by atoms with Gasteiger partial charge in [-0.3, -0.25) is 0 Å². The second-order valence-corrected chi connectivity index (χ2v) is 10.9. The molecule has 0 fully saturated rings. The van der Waals surface area contributed by atoms with Crippen molar-refractivity contribution in [3.63, 3.8) is 0 Å². The summed E-state index contributed by atoms with van der Waals surface area (Å²) < 4.78 is 27.9. The number of anilines is 1. The van der Waals surface area contributed by atoms with Crippen LogP contribution in [0.5, 0.6) is 0 Å². The maximum Gasteiger partial charge on any atom is 0.242 e. The predicted molar refractivity (Wildman–Crippen MR) is 143 cm³/mol. The van der Waals surface area contributed by atoms with Gasteiger partial charge in [-0.05, 0) is 50.2 Å². The van der Waals surface area contributed by atoms with Crippen LogP contribution in [0.2, 0.25) is 10.0 Å². The van der Waals surface area contributed by atoms with E-state index in [1.54, 1.807) is 0 Å². The normalized spacial score (nSPS) is 11.3. The van der Waals surface area contributed by atoms with Crippen LogP contribution in [-0.4, -0.2) is 45.9 Å². The molecular weight excluding hydrogens is 537 g/mol. The number of halogens is 2. The van der Waals surface area contributed by atoms with Crippen molar-refractivity contribution in [2.75, 3.05) is 32.1 Å². The van der Waals surface area contributed by atoms with Gasteiger partial charge in [-0.25, -0.2) is 17.3 Å². The molecular formula is C25H29Cl2N5O4S. The highest BCUT2D eigenvalue weighted by Gasteiger charge is 2.20. The number of carbonyl (C=O) groups excluding carboxylic acids is 1. The number of pyridine rings is 1. The number of rotatable bonds is 9. The van der Waals surface area contributed by atoms with E-state index < -0.39 is 16.0 Å². The lowest BCUT2D eigenvalue weighted by Crippen LogP contribution is -2.40. The number of benzene rings is 2. The Hall–Kier alpha value is -3.05. The van der Waals surface area contributed by atoms with Gasteiger partial charge in [0.25, 0.3) is 0 Å². The number of azo groups is 1. The highest BCUT2D eigenvalue weighted by Crippen LogP contribution is 2.37. The van der Waals surface area contributed by atoms with Crippen LogP contribution in [-0.2, 0) is 21.4 Å². The molecule has 0 saturated carbocycles. The molecule has 1 heterocycles. The van der Waals surface area contributed by atoms with Crippen LogP contribution < -0.4 is 14.6 Å². The number of aliphatic carboxylic acids is 1. The zero-order chi connectivity index (χ0) is 27.6. The third kappa shape index (κ3) is 9.08. The molecule has 0 bridgehead atoms. The fourth-order valence-electron chi connectivity index (χ4n) is 3.12. The molecule has 0 radical (unpaired) electrons. The summed E-state index contributed by atoms with van der Waals surface area (Å²) in [6, 6.07) is 16.4. The minimum atomic E-state index is -3.66. The van der Waals surface area contributed by atoms with Crippen LogP contribution in [0.25, 0.3) is 0 Å². The van der Waals surface area contributed by atoms with Gasteiger partial charge < -0.3 is 14.8 Å². The number of likely N-dealkylation sites (N-methyl/N-ethyl adjacent to an activating group) is 1. The molecule has 3 rings (SSSR count). The van der Waals surface area contributed by atoms with Crippen LogP contribution in [0.15, 0.2) is 82.1 Å². The van der Waals surface area contributed by atoms with Crippen LogP contribution in [0.1, 0.15) is 13.8 Å². The van der Waals surface area contributed by atoms with Crippen molar-refractivity contribution in [2.45, 2.75) is 25.3 Å². The number of carboxylic acid groups (broad SMARTS) is 1. The van der Waals surface area contributed by atoms with E-state index in [1.807, 2.05) is 42.5 Å². The van der Waals surface area contributed by atoms with Crippen LogP contribution in [0, 0.1) is 0 Å². The minimum Gasteiger partial charge on any atom is -0.550 e. The Morgan fingerprint density at radius 3 is 2.03 bits per heavy atom. The molecule has 0 aliphatic heterocycles. The zero-order valence-electron chi connectivity index (χ0n) is 21.0. The average molecular weight is 567 g/mol. The number of carbonyl (C=O) groups is 1. The van der Waals surface area contributed by atoms with Gasteiger partial charge in [-0.1, -0.05) is 29.3 Å². The SMILES string of the molecule is CC(=O)[O-].CCN(CC[n+]1ccccc1)c1ccc(N=Nc2c(Cl)cc(S(=O)(=O)N(C)C)cc2Cl)cc1. The van der Waals surface area contributed by atoms with Gasteiger partial charge in [-0.15, -0.1) is 5.11 Å². The lowest BCUT2D eigenvalue weighted by molar-refractivity contribution is -0.694. The molecule has 37 heavy (non-hydrogen) atoms. The van der Waals surface area contributed by atoms with Crippen molar-refractivity contribution >= 4 is 56.3 Å². The van der Waals surface area contributed by atoms with Crippen molar-refractivity contribution < 1.29 is 22.9 Å². The lowest BCUT2D eigenvalue weighted by Gasteiger charge is -2.21. The monoisotopic (exact) mass is 565 g/mol. The molecule has 0 N–H and O–H groups in total. The van der Waals surface area contributed by atoms with Crippen molar-refractivity contribution in [2.24, 2.45) is 10.2 Å². The summed E-state index contributed by atoms with van der Waals surface area (Å²) in [5.41, 5.74) is 1.93. The van der Waals surface area contributed by atoms with E-state index in [0.717, 1.165) is 36.6 Å². The Balaban J connectivity index is 0.00000112. The summed E-state index contributed by atoms with van der Waals surface area (Å²) in [5.74, 6) is -1.08. The van der Waals surface area contributed by atoms with Crippen LogP contribution in [0.4, 0.5) is 17.1 Å². The van der Waals surface area contributed by atoms with E-state index in [0.29, 0.717) is 5.69 Å². The molecule has 0 spiro atoms. The Morgan fingerprint density at radius 1 is 1.00 bits per heavy atom. The Bertz CT molecular complexity index is 1290. The summed E-state index contributed by atoms with van der Waals surface area (Å²) >= 11 is 12.5. The second kappa shape index (κ2) is 14.0. The molecule has 0 atom stereocenters. The quantitative estimate of drug-likeness (QED) is 0.285. The maximum absolute atomic E-state index is 12.3. The maximum atomic E-state index is 12.3. The summed E-state index contributed by atoms with van der Waals surface area (Å²) in [7, 11) is -0.780. The topological polar surface area (TPSA) is 109 Å². The molecule has 1 aromatic heterocycles. The Kier molecular flexibility index (Phi) is 11.4. The summed E-state index contributed by atoms with van der Waals surface area (Å²) in [4.78, 5) is 11.2. The number of aromatic nitrogens is 1. The number of hydrogen-bond donors (Lipinski definition) is 0. The predicted octanol–water partition coefficient (Wildman–Crippen LogP) is 4.23. The molecule has 0 aliphatic carbocycles. The molecule has 9 nitrogen and oxygen atoms in total. The summed E-state index contributed by atoms with van der Waals surface area (Å²) in [6.07, 6.45) is 4.10. The van der Waals surface area contributed by atoms with Crippen LogP contribution >= 0.6 is 23.2 Å². The fourth-order valence-corrected chi connectivity index (χ4v) is 4.77. The van der Waals surface area contributed by atoms with Crippen LogP contribution in [0.3, 0.4) is 0 Å². The molecule has 198 valence electrons. The van der Waals surface area contributed by atoms with Gasteiger partial charge in [0.15, 0.2) is 18.9 Å². The first-order valence-electron chi connectivity index (χ1n) is 11.3. The van der Waals surface area contributed by atoms with Gasteiger partial charge in [0, 0.05) is 44.4 Å². The molecule has 12 heteroatoms. The molecule has 2 aromatic carbocycles. The molecule has 3 aromatic rings. The van der Waals surface area contributed by atoms with E-state index in [9.17, 15) is 8.42 Å². The molecule has 0 saturated heterocycles. The van der Waals surface area contributed by atoms with Gasteiger partial charge in [-0.2, -0.15) is 5.11 Å². The van der Waals surface area contributed by atoms with Crippen molar-refractivity contribution in [3.05, 3.63) is 77.0 Å². The number of nitrogens with zero attached hydrogens (tertiary/aromatic N) is 5. The molecule has 0 amide bonds. The zero-order valence-corrected chi connectivity index (χ0v) is 23.3. The van der Waals surface area contributed by atoms with Gasteiger partial charge in [0.05, 0.1) is 27.2 Å². The van der Waals surface area contributed by atoms with E-state index in [4.69, 9.17) is 33.1 Å². The standard InChI is InChI=1S/C23H26Cl2N5O2S.C2H4O2/c1-4-30(15-14-29-12-6-5-7-13-29)19-10-8-18(9-11-19)26-27-23-21(24)16-20(17-22(23)25)33(31,32)28(2)3;1-2(3)4/h5-13,16-17H,4,14-15H2,1-3H3;1H3,(H,3,4)/q+1;/p-1. The first kappa shape index (κ1) is 30.2. The first-order valence-corrected chi connectivity index (χ1v) is 13.4. The highest BCUT2D eigenvalue weighted by molar-refractivity contribution is 7.89. The number of carboxylic acids is 1. The van der Waals surface area contributed by atoms with Gasteiger partial charge >= 0.3 is 0 Å². The Labute approximate surface area is 227 Å². The van der Waals surface area contributed by atoms with E-state index in [1.165, 1.54) is 26.2 Å². The smallest absolute Gasteiger partial charge is 0.242 e. The number of sulfonamides is 1. The van der Waals surface area contributed by atoms with Crippen molar-refractivity contribution in [3.8, 4) is 0 Å². The van der Waals surface area contributed by atoms with E-state index >= 15 is 0 Å². The third-order valence-electron chi connectivity index (χ3n) is 5.04. The van der Waals surface area contributed by atoms with Crippen molar-refractivity contribution in [1.82, 2.24) is 4.31 Å². The summed E-state index contributed by atoms with van der Waals surface area (Å²) in [5, 5.41) is 17.5. The Morgan fingerprint density at radius 2 is 1.54 bits per heavy atom. The van der Waals surface area contributed by atoms with E-state index in [-0.39, 0.29) is 20.6 Å². The average Bonchev–Trinajstić information content (AvgIpc) is 2.84. The van der Waals surface area contributed by atoms with Gasteiger partial charge in [0.2, 0.25) is 10.0 Å². The number of hydrogen-bond acceptors (Lipinski definition) is 7. The minimum absolute atomic E-state index is 0.000809. The summed E-state index contributed by atoms with van der Waals surface area (Å²) in [6.45, 7) is 5.72. The third-order valence-corrected chi connectivity index (χ3v) is 7.41. The van der Waals surface area contributed by atoms with E-state index in [2.05, 4.69) is 39.0 Å². The molecule has 0 aliphatic rings. The second-order valence-electron chi connectivity index (χ2n) is 7.92. The van der Waals surface area contributed by atoms with Gasteiger partial charge in [0.1, 0.15) is 5.69 Å². The lowest BCUT2D eigenvalue weighted by atomic mass is 10.2. The first-order chi connectivity index (χ1) is 17.4.